The molecule has 0 bridgehead atoms. The Kier molecular flexibility index (Phi) is 4.11. The van der Waals surface area contributed by atoms with Crippen LogP contribution in [0.25, 0.3) is 70.7 Å². The SMILES string of the molecule is C=C/C=c1\c(=C/C)[nH]c2ccc3sc4cc5c(cc4c3c12)c1ccccc1n5-c1ccccc1. The standard InChI is InChI=1S/C31H22N2S/c1-3-10-21-24(4-2)32-25-15-16-28-31(30(21)25)23-17-22-20-13-8-9-14-26(20)33(19-11-6-5-7-12-19)27(22)18-29(23)34-28/h3-18,32H,1H2,2H3/b21-10+,24-4+. The number of rotatable bonds is 2. The lowest BCUT2D eigenvalue weighted by molar-refractivity contribution is 1.18. The van der Waals surface area contributed by atoms with Crippen LogP contribution in [0.15, 0.2) is 91.5 Å². The van der Waals surface area contributed by atoms with Crippen LogP contribution in [0.5, 0.6) is 0 Å². The van der Waals surface area contributed by atoms with Crippen molar-refractivity contribution in [3.05, 3.63) is 102 Å². The van der Waals surface area contributed by atoms with Gasteiger partial charge in [0, 0.05) is 58.1 Å². The van der Waals surface area contributed by atoms with Crippen LogP contribution in [0.1, 0.15) is 6.92 Å². The van der Waals surface area contributed by atoms with Gasteiger partial charge in [-0.25, -0.2) is 0 Å². The first-order valence-electron chi connectivity index (χ1n) is 11.5. The van der Waals surface area contributed by atoms with Gasteiger partial charge in [0.15, 0.2) is 0 Å². The Labute approximate surface area is 200 Å². The fraction of sp³-hybridized carbons (Fsp3) is 0.0323. The second-order valence-electron chi connectivity index (χ2n) is 8.66. The van der Waals surface area contributed by atoms with Crippen molar-refractivity contribution in [2.75, 3.05) is 0 Å². The molecule has 0 spiro atoms. The highest BCUT2D eigenvalue weighted by Crippen LogP contribution is 2.42. The van der Waals surface area contributed by atoms with E-state index in [1.165, 1.54) is 63.8 Å². The van der Waals surface area contributed by atoms with Gasteiger partial charge in [-0.2, -0.15) is 0 Å². The number of nitrogens with one attached hydrogen (secondary N) is 1. The van der Waals surface area contributed by atoms with Gasteiger partial charge >= 0.3 is 0 Å². The molecule has 3 aromatic heterocycles. The van der Waals surface area contributed by atoms with E-state index in [1.807, 2.05) is 17.4 Å². The van der Waals surface area contributed by atoms with Gasteiger partial charge in [-0.1, -0.05) is 61.2 Å². The Morgan fingerprint density at radius 3 is 2.44 bits per heavy atom. The molecule has 0 aliphatic rings. The molecule has 4 aromatic carbocycles. The summed E-state index contributed by atoms with van der Waals surface area (Å²) in [5.74, 6) is 0. The maximum atomic E-state index is 3.97. The highest BCUT2D eigenvalue weighted by atomic mass is 32.1. The quantitative estimate of drug-likeness (QED) is 0.281. The Morgan fingerprint density at radius 2 is 1.62 bits per heavy atom. The number of fused-ring (bicyclic) bond motifs is 8. The largest absolute Gasteiger partial charge is 0.355 e. The average Bonchev–Trinajstić information content (AvgIpc) is 3.52. The van der Waals surface area contributed by atoms with Crippen LogP contribution in [-0.2, 0) is 0 Å². The fourth-order valence-corrected chi connectivity index (χ4v) is 6.56. The normalized spacial score (nSPS) is 13.3. The number of thiophene rings is 1. The molecule has 2 nitrogen and oxygen atoms in total. The molecule has 0 aliphatic heterocycles. The topological polar surface area (TPSA) is 20.7 Å². The van der Waals surface area contributed by atoms with E-state index in [0.717, 1.165) is 5.35 Å². The van der Waals surface area contributed by atoms with Crippen LogP contribution < -0.4 is 10.6 Å². The predicted molar refractivity (Wildman–Crippen MR) is 150 cm³/mol. The van der Waals surface area contributed by atoms with Crippen molar-refractivity contribution in [3.8, 4) is 5.69 Å². The van der Waals surface area contributed by atoms with Crippen molar-refractivity contribution >= 4 is 76.4 Å². The molecule has 0 saturated carbocycles. The van der Waals surface area contributed by atoms with E-state index < -0.39 is 0 Å². The van der Waals surface area contributed by atoms with Gasteiger partial charge < -0.3 is 9.55 Å². The van der Waals surface area contributed by atoms with Crippen molar-refractivity contribution in [2.45, 2.75) is 6.92 Å². The minimum atomic E-state index is 1.14. The summed E-state index contributed by atoms with van der Waals surface area (Å²) in [7, 11) is 0. The Morgan fingerprint density at radius 1 is 0.794 bits per heavy atom. The van der Waals surface area contributed by atoms with Gasteiger partial charge in [-0.3, -0.25) is 0 Å². The van der Waals surface area contributed by atoms with Crippen molar-refractivity contribution in [1.82, 2.24) is 9.55 Å². The number of nitrogens with zero attached hydrogens (tertiary/aromatic N) is 1. The maximum absolute atomic E-state index is 3.97. The summed E-state index contributed by atoms with van der Waals surface area (Å²) >= 11 is 1.87. The molecular weight excluding hydrogens is 432 g/mol. The Bertz CT molecular complexity index is 2030. The zero-order chi connectivity index (χ0) is 22.8. The minimum absolute atomic E-state index is 1.14. The summed E-state index contributed by atoms with van der Waals surface area (Å²) < 4.78 is 5.01. The average molecular weight is 455 g/mol. The minimum Gasteiger partial charge on any atom is -0.355 e. The van der Waals surface area contributed by atoms with E-state index in [9.17, 15) is 0 Å². The first-order chi connectivity index (χ1) is 16.8. The van der Waals surface area contributed by atoms with Crippen LogP contribution in [0.2, 0.25) is 0 Å². The predicted octanol–water partition coefficient (Wildman–Crippen LogP) is 7.40. The van der Waals surface area contributed by atoms with Crippen molar-refractivity contribution in [2.24, 2.45) is 0 Å². The lowest BCUT2D eigenvalue weighted by Gasteiger charge is -2.07. The second kappa shape index (κ2) is 7.21. The molecule has 3 heteroatoms. The molecule has 0 fully saturated rings. The number of allylic oxidation sites excluding steroid dienone is 1. The van der Waals surface area contributed by atoms with Gasteiger partial charge in [0.25, 0.3) is 0 Å². The number of para-hydroxylation sites is 2. The maximum Gasteiger partial charge on any atom is 0.0555 e. The zero-order valence-corrected chi connectivity index (χ0v) is 19.6. The third-order valence-corrected chi connectivity index (χ3v) is 7.96. The summed E-state index contributed by atoms with van der Waals surface area (Å²) in [4.78, 5) is 3.60. The third kappa shape index (κ3) is 2.56. The molecule has 0 saturated heterocycles. The van der Waals surface area contributed by atoms with Crippen molar-refractivity contribution in [3.63, 3.8) is 0 Å². The second-order valence-corrected chi connectivity index (χ2v) is 9.74. The Hall–Kier alpha value is -4.08. The molecular formula is C31H22N2S. The summed E-state index contributed by atoms with van der Waals surface area (Å²) in [6, 6.07) is 28.6. The molecule has 3 heterocycles. The van der Waals surface area contributed by atoms with Gasteiger partial charge in [0.2, 0.25) is 0 Å². The van der Waals surface area contributed by atoms with Gasteiger partial charge in [-0.05, 0) is 49.4 Å². The molecule has 162 valence electrons. The Balaban J connectivity index is 1.71. The van der Waals surface area contributed by atoms with Gasteiger partial charge in [-0.15, -0.1) is 11.3 Å². The molecule has 0 amide bonds. The molecule has 7 rings (SSSR count). The monoisotopic (exact) mass is 454 g/mol. The lowest BCUT2D eigenvalue weighted by atomic mass is 10.0. The number of benzene rings is 4. The number of hydrogen-bond acceptors (Lipinski definition) is 1. The van der Waals surface area contributed by atoms with E-state index in [2.05, 4.69) is 114 Å². The molecule has 0 aliphatic carbocycles. The number of hydrogen-bond donors (Lipinski definition) is 1. The van der Waals surface area contributed by atoms with E-state index in [-0.39, 0.29) is 0 Å². The van der Waals surface area contributed by atoms with E-state index in [1.54, 1.807) is 0 Å². The van der Waals surface area contributed by atoms with Gasteiger partial charge in [0.05, 0.1) is 11.0 Å². The molecule has 0 unspecified atom stereocenters. The van der Waals surface area contributed by atoms with Crippen molar-refractivity contribution in [1.29, 1.82) is 0 Å². The molecule has 1 N–H and O–H groups in total. The van der Waals surface area contributed by atoms with Crippen LogP contribution in [0.4, 0.5) is 0 Å². The summed E-state index contributed by atoms with van der Waals surface area (Å²) in [6.07, 6.45) is 6.15. The third-order valence-electron chi connectivity index (χ3n) is 6.85. The van der Waals surface area contributed by atoms with Crippen LogP contribution >= 0.6 is 11.3 Å². The highest BCUT2D eigenvalue weighted by Gasteiger charge is 2.17. The van der Waals surface area contributed by atoms with Gasteiger partial charge in [0.1, 0.15) is 0 Å². The number of aromatic amines is 1. The van der Waals surface area contributed by atoms with Crippen LogP contribution in [-0.4, -0.2) is 9.55 Å². The lowest BCUT2D eigenvalue weighted by Crippen LogP contribution is -2.21. The zero-order valence-electron chi connectivity index (χ0n) is 18.8. The molecule has 7 aromatic rings. The number of H-pyrrole nitrogens is 1. The smallest absolute Gasteiger partial charge is 0.0555 e. The molecule has 0 atom stereocenters. The van der Waals surface area contributed by atoms with Crippen LogP contribution in [0.3, 0.4) is 0 Å². The summed E-state index contributed by atoms with van der Waals surface area (Å²) in [5, 5.41) is 8.85. The van der Waals surface area contributed by atoms with E-state index in [0.29, 0.717) is 0 Å². The van der Waals surface area contributed by atoms with Crippen molar-refractivity contribution < 1.29 is 0 Å². The molecule has 34 heavy (non-hydrogen) atoms. The summed E-state index contributed by atoms with van der Waals surface area (Å²) in [5.41, 5.74) is 4.84. The molecule has 0 radical (unpaired) electrons. The number of aromatic nitrogens is 2. The summed E-state index contributed by atoms with van der Waals surface area (Å²) in [6.45, 7) is 6.05. The fourth-order valence-electron chi connectivity index (χ4n) is 5.44. The first-order valence-corrected chi connectivity index (χ1v) is 12.3. The van der Waals surface area contributed by atoms with E-state index >= 15 is 0 Å². The van der Waals surface area contributed by atoms with E-state index in [4.69, 9.17) is 0 Å². The highest BCUT2D eigenvalue weighted by molar-refractivity contribution is 7.26. The van der Waals surface area contributed by atoms with Crippen LogP contribution in [0, 0.1) is 0 Å². The first kappa shape index (κ1) is 19.4.